The lowest BCUT2D eigenvalue weighted by Crippen LogP contribution is -2.41. The van der Waals surface area contributed by atoms with Crippen molar-refractivity contribution in [2.45, 2.75) is 31.7 Å². The van der Waals surface area contributed by atoms with Crippen LogP contribution in [0.2, 0.25) is 0 Å². The van der Waals surface area contributed by atoms with Gasteiger partial charge < -0.3 is 14.5 Å². The van der Waals surface area contributed by atoms with E-state index in [4.69, 9.17) is 9.72 Å². The molecule has 0 bridgehead atoms. The van der Waals surface area contributed by atoms with Crippen LogP contribution >= 0.6 is 0 Å². The highest BCUT2D eigenvalue weighted by atomic mass is 16.5. The minimum atomic E-state index is 0.0940. The lowest BCUT2D eigenvalue weighted by Gasteiger charge is -2.33. The number of carbonyl (C=O) groups excluding carboxylic acids is 1. The fraction of sp³-hybridized carbons (Fsp3) is 0.417. The summed E-state index contributed by atoms with van der Waals surface area (Å²) in [6.07, 6.45) is 8.32. The van der Waals surface area contributed by atoms with E-state index in [9.17, 15) is 4.79 Å². The van der Waals surface area contributed by atoms with Crippen molar-refractivity contribution >= 4 is 11.9 Å². The van der Waals surface area contributed by atoms with Gasteiger partial charge in [-0.05, 0) is 42.2 Å². The molecule has 1 fully saturated rings. The molecule has 2 aliphatic heterocycles. The standard InChI is InChI=1S/C24H28N6O2/c1-28(2)24-25-14-20(17-6-7-21-18(13-17)8-12-32-21)23(27-24)19-5-3-10-29(15-19)22(31)16-30-11-4-9-26-30/h4,6-7,9,11,13-14,19H,3,5,8,10,12,15-16H2,1-2H3/t19-/m1/s1. The molecule has 0 unspecified atom stereocenters. The first-order chi connectivity index (χ1) is 15.6. The van der Waals surface area contributed by atoms with Crippen LogP contribution in [0, 0.1) is 0 Å². The maximum absolute atomic E-state index is 12.9. The molecule has 0 N–H and O–H groups in total. The van der Waals surface area contributed by atoms with Gasteiger partial charge in [-0.1, -0.05) is 6.07 Å². The number of hydrogen-bond donors (Lipinski definition) is 0. The minimum Gasteiger partial charge on any atom is -0.493 e. The first kappa shape index (κ1) is 20.5. The van der Waals surface area contributed by atoms with Crippen LogP contribution < -0.4 is 9.64 Å². The number of benzene rings is 1. The Hall–Kier alpha value is -3.42. The minimum absolute atomic E-state index is 0.0940. The summed E-state index contributed by atoms with van der Waals surface area (Å²) in [7, 11) is 3.90. The average Bonchev–Trinajstić information content (AvgIpc) is 3.50. The molecule has 1 aromatic carbocycles. The Morgan fingerprint density at radius 2 is 2.22 bits per heavy atom. The average molecular weight is 433 g/mol. The highest BCUT2D eigenvalue weighted by Gasteiger charge is 2.29. The molecule has 32 heavy (non-hydrogen) atoms. The fourth-order valence-electron chi connectivity index (χ4n) is 4.55. The van der Waals surface area contributed by atoms with Crippen molar-refractivity contribution in [3.05, 3.63) is 54.1 Å². The van der Waals surface area contributed by atoms with Gasteiger partial charge in [0.2, 0.25) is 11.9 Å². The number of amides is 1. The van der Waals surface area contributed by atoms with Crippen molar-refractivity contribution in [2.75, 3.05) is 38.7 Å². The van der Waals surface area contributed by atoms with Crippen LogP contribution in [-0.4, -0.2) is 64.3 Å². The van der Waals surface area contributed by atoms with Crippen LogP contribution in [0.25, 0.3) is 11.1 Å². The van der Waals surface area contributed by atoms with Crippen LogP contribution in [0.4, 0.5) is 5.95 Å². The Morgan fingerprint density at radius 1 is 1.31 bits per heavy atom. The van der Waals surface area contributed by atoms with E-state index in [1.807, 2.05) is 48.4 Å². The number of aromatic nitrogens is 4. The Labute approximate surface area is 187 Å². The third-order valence-electron chi connectivity index (χ3n) is 6.22. The molecule has 2 aromatic heterocycles. The van der Waals surface area contributed by atoms with Crippen LogP contribution in [0.1, 0.15) is 30.0 Å². The van der Waals surface area contributed by atoms with E-state index >= 15 is 0 Å². The zero-order valence-electron chi connectivity index (χ0n) is 18.6. The SMILES string of the molecule is CN(C)c1ncc(-c2ccc3c(c2)CCO3)c([C@@H]2CCCN(C(=O)Cn3cccn3)C2)n1. The zero-order chi connectivity index (χ0) is 22.1. The van der Waals surface area contributed by atoms with Crippen molar-refractivity contribution in [3.63, 3.8) is 0 Å². The normalized spacial score (nSPS) is 17.7. The number of ether oxygens (including phenoxy) is 1. The summed E-state index contributed by atoms with van der Waals surface area (Å²) >= 11 is 0. The van der Waals surface area contributed by atoms with Crippen LogP contribution in [-0.2, 0) is 17.8 Å². The Kier molecular flexibility index (Phi) is 5.51. The summed E-state index contributed by atoms with van der Waals surface area (Å²) in [5, 5.41) is 4.17. The summed E-state index contributed by atoms with van der Waals surface area (Å²) in [5.74, 6) is 1.91. The second kappa shape index (κ2) is 8.61. The van der Waals surface area contributed by atoms with E-state index in [-0.39, 0.29) is 18.4 Å². The van der Waals surface area contributed by atoms with E-state index in [1.165, 1.54) is 5.56 Å². The third-order valence-corrected chi connectivity index (χ3v) is 6.22. The highest BCUT2D eigenvalue weighted by Crippen LogP contribution is 2.36. The molecule has 0 aliphatic carbocycles. The Bertz CT molecular complexity index is 1110. The highest BCUT2D eigenvalue weighted by molar-refractivity contribution is 5.76. The predicted molar refractivity (Wildman–Crippen MR) is 122 cm³/mol. The van der Waals surface area contributed by atoms with E-state index in [0.717, 1.165) is 55.0 Å². The van der Waals surface area contributed by atoms with E-state index in [1.54, 1.807) is 10.9 Å². The number of nitrogens with zero attached hydrogens (tertiary/aromatic N) is 6. The van der Waals surface area contributed by atoms with E-state index < -0.39 is 0 Å². The molecule has 1 amide bonds. The Morgan fingerprint density at radius 3 is 3.03 bits per heavy atom. The molecule has 5 rings (SSSR count). The molecular formula is C24H28N6O2. The van der Waals surface area contributed by atoms with Gasteiger partial charge in [0.15, 0.2) is 0 Å². The number of hydrogen-bond acceptors (Lipinski definition) is 6. The molecule has 8 heteroatoms. The number of likely N-dealkylation sites (tertiary alicyclic amines) is 1. The van der Waals surface area contributed by atoms with Gasteiger partial charge in [-0.3, -0.25) is 9.48 Å². The summed E-state index contributed by atoms with van der Waals surface area (Å²) in [5.41, 5.74) is 4.38. The summed E-state index contributed by atoms with van der Waals surface area (Å²) in [4.78, 5) is 26.3. The molecule has 166 valence electrons. The molecule has 8 nitrogen and oxygen atoms in total. The lowest BCUT2D eigenvalue weighted by molar-refractivity contribution is -0.133. The van der Waals surface area contributed by atoms with Gasteiger partial charge in [0.05, 0.1) is 12.3 Å². The third kappa shape index (κ3) is 4.04. The van der Waals surface area contributed by atoms with Crippen LogP contribution in [0.15, 0.2) is 42.9 Å². The van der Waals surface area contributed by atoms with Gasteiger partial charge in [0.1, 0.15) is 12.3 Å². The molecular weight excluding hydrogens is 404 g/mol. The zero-order valence-corrected chi connectivity index (χ0v) is 18.6. The van der Waals surface area contributed by atoms with Crippen LogP contribution in [0.3, 0.4) is 0 Å². The van der Waals surface area contributed by atoms with Crippen molar-refractivity contribution in [3.8, 4) is 16.9 Å². The van der Waals surface area contributed by atoms with Crippen molar-refractivity contribution < 1.29 is 9.53 Å². The van der Waals surface area contributed by atoms with Gasteiger partial charge in [0, 0.05) is 63.7 Å². The van der Waals surface area contributed by atoms with Crippen molar-refractivity contribution in [1.29, 1.82) is 0 Å². The molecule has 0 radical (unpaired) electrons. The molecule has 1 atom stereocenters. The molecule has 0 spiro atoms. The number of fused-ring (bicyclic) bond motifs is 1. The van der Waals surface area contributed by atoms with Gasteiger partial charge in [0.25, 0.3) is 0 Å². The van der Waals surface area contributed by atoms with Gasteiger partial charge in [-0.25, -0.2) is 9.97 Å². The van der Waals surface area contributed by atoms with Gasteiger partial charge in [-0.15, -0.1) is 0 Å². The molecule has 1 saturated heterocycles. The Balaban J connectivity index is 1.45. The largest absolute Gasteiger partial charge is 0.493 e. The van der Waals surface area contributed by atoms with Crippen LogP contribution in [0.5, 0.6) is 5.75 Å². The second-order valence-corrected chi connectivity index (χ2v) is 8.67. The summed E-state index contributed by atoms with van der Waals surface area (Å²) < 4.78 is 7.36. The maximum Gasteiger partial charge on any atom is 0.244 e. The summed E-state index contributed by atoms with van der Waals surface area (Å²) in [6, 6.07) is 8.17. The topological polar surface area (TPSA) is 76.4 Å². The first-order valence-electron chi connectivity index (χ1n) is 11.1. The van der Waals surface area contributed by atoms with Gasteiger partial charge in [-0.2, -0.15) is 5.10 Å². The lowest BCUT2D eigenvalue weighted by atomic mass is 9.89. The number of anilines is 1. The number of carbonyl (C=O) groups is 1. The second-order valence-electron chi connectivity index (χ2n) is 8.67. The maximum atomic E-state index is 12.9. The van der Waals surface area contributed by atoms with E-state index in [2.05, 4.69) is 22.2 Å². The monoisotopic (exact) mass is 432 g/mol. The van der Waals surface area contributed by atoms with Gasteiger partial charge >= 0.3 is 0 Å². The van der Waals surface area contributed by atoms with E-state index in [0.29, 0.717) is 12.5 Å². The quantitative estimate of drug-likeness (QED) is 0.617. The first-order valence-corrected chi connectivity index (χ1v) is 11.1. The molecule has 4 heterocycles. The molecule has 3 aromatic rings. The number of rotatable bonds is 5. The summed E-state index contributed by atoms with van der Waals surface area (Å²) in [6.45, 7) is 2.43. The molecule has 2 aliphatic rings. The smallest absolute Gasteiger partial charge is 0.244 e. The molecule has 0 saturated carbocycles. The van der Waals surface area contributed by atoms with Crippen molar-refractivity contribution in [1.82, 2.24) is 24.6 Å². The van der Waals surface area contributed by atoms with Crippen molar-refractivity contribution in [2.24, 2.45) is 0 Å². The number of piperidine rings is 1. The predicted octanol–water partition coefficient (Wildman–Crippen LogP) is 2.75. The fourth-order valence-corrected chi connectivity index (χ4v) is 4.55.